The van der Waals surface area contributed by atoms with Crippen LogP contribution in [0.1, 0.15) is 24.8 Å². The summed E-state index contributed by atoms with van der Waals surface area (Å²) in [7, 11) is 0. The first-order valence-electron chi connectivity index (χ1n) is 6.08. The van der Waals surface area contributed by atoms with E-state index in [4.69, 9.17) is 0 Å². The van der Waals surface area contributed by atoms with Gasteiger partial charge in [-0.3, -0.25) is 0 Å². The van der Waals surface area contributed by atoms with Gasteiger partial charge in [-0.1, -0.05) is 28.1 Å². The van der Waals surface area contributed by atoms with Crippen LogP contribution in [0.4, 0.5) is 4.39 Å². The zero-order valence-corrected chi connectivity index (χ0v) is 11.3. The maximum absolute atomic E-state index is 13.0. The first kappa shape index (κ1) is 12.8. The lowest BCUT2D eigenvalue weighted by molar-refractivity contribution is 0.625. The summed E-state index contributed by atoms with van der Waals surface area (Å²) >= 11 is 3.43. The minimum atomic E-state index is -0.174. The molecule has 0 heterocycles. The van der Waals surface area contributed by atoms with E-state index < -0.39 is 0 Å². The highest BCUT2D eigenvalue weighted by molar-refractivity contribution is 9.10. The van der Waals surface area contributed by atoms with Crippen LogP contribution in [0.5, 0.6) is 0 Å². The van der Waals surface area contributed by atoms with Crippen molar-refractivity contribution >= 4 is 15.9 Å². The molecule has 1 fully saturated rings. The molecule has 0 unspecified atom stereocenters. The van der Waals surface area contributed by atoms with Crippen LogP contribution >= 0.6 is 15.9 Å². The number of rotatable bonds is 6. The second kappa shape index (κ2) is 6.31. The van der Waals surface area contributed by atoms with E-state index in [1.54, 1.807) is 12.1 Å². The standard InChI is InChI=1S/C14H17BrFN/c15-14-8-5-12(16)10-11(14)4-2-1-3-9-17-13-6-7-13/h1-2,5,8,10,13,17H,3-4,6-7,9H2. The number of allylic oxidation sites excluding steroid dienone is 1. The molecule has 1 aromatic rings. The van der Waals surface area contributed by atoms with Gasteiger partial charge in [0.15, 0.2) is 0 Å². The lowest BCUT2D eigenvalue weighted by atomic mass is 10.1. The van der Waals surface area contributed by atoms with Crippen molar-refractivity contribution < 1.29 is 4.39 Å². The zero-order valence-electron chi connectivity index (χ0n) is 9.76. The molecule has 0 bridgehead atoms. The molecule has 2 rings (SSSR count). The van der Waals surface area contributed by atoms with Gasteiger partial charge < -0.3 is 5.32 Å². The van der Waals surface area contributed by atoms with Crippen LogP contribution in [-0.4, -0.2) is 12.6 Å². The number of benzene rings is 1. The highest BCUT2D eigenvalue weighted by Crippen LogP contribution is 2.19. The maximum Gasteiger partial charge on any atom is 0.123 e. The van der Waals surface area contributed by atoms with Crippen LogP contribution in [0.2, 0.25) is 0 Å². The Kier molecular flexibility index (Phi) is 4.75. The fourth-order valence-corrected chi connectivity index (χ4v) is 2.09. The minimum absolute atomic E-state index is 0.174. The van der Waals surface area contributed by atoms with Crippen molar-refractivity contribution in [1.29, 1.82) is 0 Å². The van der Waals surface area contributed by atoms with E-state index in [9.17, 15) is 4.39 Å². The molecular weight excluding hydrogens is 281 g/mol. The highest BCUT2D eigenvalue weighted by atomic mass is 79.9. The van der Waals surface area contributed by atoms with Crippen molar-refractivity contribution in [2.24, 2.45) is 0 Å². The molecule has 1 N–H and O–H groups in total. The third kappa shape index (κ3) is 4.60. The first-order valence-corrected chi connectivity index (χ1v) is 6.87. The van der Waals surface area contributed by atoms with E-state index in [0.29, 0.717) is 0 Å². The van der Waals surface area contributed by atoms with Gasteiger partial charge in [-0.25, -0.2) is 4.39 Å². The van der Waals surface area contributed by atoms with Crippen molar-refractivity contribution in [1.82, 2.24) is 5.32 Å². The van der Waals surface area contributed by atoms with E-state index in [1.165, 1.54) is 18.9 Å². The molecule has 3 heteroatoms. The third-order valence-corrected chi connectivity index (χ3v) is 3.61. The van der Waals surface area contributed by atoms with Crippen LogP contribution in [-0.2, 0) is 6.42 Å². The van der Waals surface area contributed by atoms with Crippen molar-refractivity contribution in [2.45, 2.75) is 31.7 Å². The number of halogens is 2. The van der Waals surface area contributed by atoms with E-state index in [1.807, 2.05) is 0 Å². The molecule has 1 aliphatic carbocycles. The Hall–Kier alpha value is -0.670. The monoisotopic (exact) mass is 297 g/mol. The fraction of sp³-hybridized carbons (Fsp3) is 0.429. The minimum Gasteiger partial charge on any atom is -0.314 e. The molecule has 1 nitrogen and oxygen atoms in total. The molecule has 0 amide bonds. The molecular formula is C14H17BrFN. The van der Waals surface area contributed by atoms with Crippen molar-refractivity contribution in [3.8, 4) is 0 Å². The Morgan fingerprint density at radius 3 is 2.94 bits per heavy atom. The summed E-state index contributed by atoms with van der Waals surface area (Å²) < 4.78 is 14.0. The maximum atomic E-state index is 13.0. The zero-order chi connectivity index (χ0) is 12.1. The summed E-state index contributed by atoms with van der Waals surface area (Å²) in [6.07, 6.45) is 8.76. The van der Waals surface area contributed by atoms with Crippen LogP contribution in [0.25, 0.3) is 0 Å². The fourth-order valence-electron chi connectivity index (χ4n) is 1.69. The summed E-state index contributed by atoms with van der Waals surface area (Å²) in [5, 5.41) is 3.46. The molecule has 0 atom stereocenters. The van der Waals surface area contributed by atoms with Crippen molar-refractivity contribution in [2.75, 3.05) is 6.54 Å². The highest BCUT2D eigenvalue weighted by Gasteiger charge is 2.19. The van der Waals surface area contributed by atoms with Gasteiger partial charge in [0.25, 0.3) is 0 Å². The SMILES string of the molecule is Fc1ccc(Br)c(CC=CCCNC2CC2)c1. The average Bonchev–Trinajstić information content (AvgIpc) is 3.11. The lowest BCUT2D eigenvalue weighted by Gasteiger charge is -2.01. The smallest absolute Gasteiger partial charge is 0.123 e. The van der Waals surface area contributed by atoms with Crippen molar-refractivity contribution in [3.05, 3.63) is 46.2 Å². The quantitative estimate of drug-likeness (QED) is 0.622. The third-order valence-electron chi connectivity index (χ3n) is 2.83. The van der Waals surface area contributed by atoms with Gasteiger partial charge in [0.05, 0.1) is 0 Å². The topological polar surface area (TPSA) is 12.0 Å². The van der Waals surface area contributed by atoms with Crippen LogP contribution < -0.4 is 5.32 Å². The van der Waals surface area contributed by atoms with Crippen LogP contribution in [0, 0.1) is 5.82 Å². The molecule has 0 aromatic heterocycles. The van der Waals surface area contributed by atoms with Gasteiger partial charge >= 0.3 is 0 Å². The van der Waals surface area contributed by atoms with E-state index in [-0.39, 0.29) is 5.82 Å². The van der Waals surface area contributed by atoms with Gasteiger partial charge in [-0.15, -0.1) is 0 Å². The van der Waals surface area contributed by atoms with E-state index in [2.05, 4.69) is 33.4 Å². The molecule has 1 saturated carbocycles. The van der Waals surface area contributed by atoms with Crippen LogP contribution in [0.3, 0.4) is 0 Å². The Bertz CT molecular complexity index is 399. The summed E-state index contributed by atoms with van der Waals surface area (Å²) in [5.41, 5.74) is 0.997. The molecule has 0 radical (unpaired) electrons. The molecule has 0 spiro atoms. The van der Waals surface area contributed by atoms with E-state index in [0.717, 1.165) is 35.5 Å². The Morgan fingerprint density at radius 2 is 2.18 bits per heavy atom. The summed E-state index contributed by atoms with van der Waals surface area (Å²) in [6, 6.07) is 5.58. The molecule has 1 aromatic carbocycles. The largest absolute Gasteiger partial charge is 0.314 e. The normalized spacial score (nSPS) is 15.6. The van der Waals surface area contributed by atoms with Gasteiger partial charge in [0.1, 0.15) is 5.82 Å². The molecule has 1 aliphatic rings. The van der Waals surface area contributed by atoms with E-state index >= 15 is 0 Å². The second-order valence-electron chi connectivity index (χ2n) is 4.43. The summed E-state index contributed by atoms with van der Waals surface area (Å²) in [6.45, 7) is 1.05. The summed E-state index contributed by atoms with van der Waals surface area (Å²) in [5.74, 6) is -0.174. The number of hydrogen-bond acceptors (Lipinski definition) is 1. The Balaban J connectivity index is 1.72. The van der Waals surface area contributed by atoms with Crippen molar-refractivity contribution in [3.63, 3.8) is 0 Å². The number of nitrogens with one attached hydrogen (secondary N) is 1. The first-order chi connectivity index (χ1) is 8.25. The average molecular weight is 298 g/mol. The van der Waals surface area contributed by atoms with Crippen LogP contribution in [0.15, 0.2) is 34.8 Å². The van der Waals surface area contributed by atoms with Gasteiger partial charge in [0, 0.05) is 10.5 Å². The second-order valence-corrected chi connectivity index (χ2v) is 5.28. The molecule has 0 aliphatic heterocycles. The predicted molar refractivity (Wildman–Crippen MR) is 72.6 cm³/mol. The van der Waals surface area contributed by atoms with Gasteiger partial charge in [0.2, 0.25) is 0 Å². The predicted octanol–water partition coefficient (Wildman–Crippen LogP) is 3.83. The molecule has 0 saturated heterocycles. The molecule has 92 valence electrons. The number of hydrogen-bond donors (Lipinski definition) is 1. The summed E-state index contributed by atoms with van der Waals surface area (Å²) in [4.78, 5) is 0. The molecule has 17 heavy (non-hydrogen) atoms. The Morgan fingerprint density at radius 1 is 1.35 bits per heavy atom. The van der Waals surface area contributed by atoms with Gasteiger partial charge in [-0.05, 0) is 56.0 Å². The Labute approximate surface area is 110 Å². The lowest BCUT2D eigenvalue weighted by Crippen LogP contribution is -2.16. The van der Waals surface area contributed by atoms with Gasteiger partial charge in [-0.2, -0.15) is 0 Å².